The molecular formula is C15H20N4O2. The molecule has 0 bridgehead atoms. The molecule has 0 saturated heterocycles. The van der Waals surface area contributed by atoms with Crippen LogP contribution in [0.5, 0.6) is 0 Å². The van der Waals surface area contributed by atoms with Crippen LogP contribution in [0.1, 0.15) is 19.7 Å². The number of likely N-dealkylation sites (N-methyl/N-ethyl adjacent to an activating group) is 1. The van der Waals surface area contributed by atoms with Gasteiger partial charge in [-0.05, 0) is 26.0 Å². The fourth-order valence-corrected chi connectivity index (χ4v) is 2.18. The summed E-state index contributed by atoms with van der Waals surface area (Å²) in [6.07, 6.45) is 0. The zero-order chi connectivity index (χ0) is 15.2. The van der Waals surface area contributed by atoms with E-state index < -0.39 is 5.90 Å². The number of quaternary nitrogens is 1. The number of para-hydroxylation sites is 1. The third kappa shape index (κ3) is 3.66. The Morgan fingerprint density at radius 2 is 2.05 bits per heavy atom. The maximum Gasteiger partial charge on any atom is 0.259 e. The van der Waals surface area contributed by atoms with Gasteiger partial charge >= 0.3 is 0 Å². The molecule has 6 nitrogen and oxygen atoms in total. The molecule has 0 atom stereocenters. The van der Waals surface area contributed by atoms with E-state index in [1.807, 2.05) is 0 Å². The Labute approximate surface area is 123 Å². The monoisotopic (exact) mass is 288 g/mol. The van der Waals surface area contributed by atoms with Crippen molar-refractivity contribution in [2.24, 2.45) is 4.99 Å². The van der Waals surface area contributed by atoms with Crippen LogP contribution in [0.2, 0.25) is 0 Å². The van der Waals surface area contributed by atoms with Crippen LogP contribution in [0.3, 0.4) is 0 Å². The molecule has 0 radical (unpaired) electrons. The van der Waals surface area contributed by atoms with Gasteiger partial charge in [-0.15, -0.1) is 0 Å². The lowest BCUT2D eigenvalue weighted by Crippen LogP contribution is -3.11. The number of aromatic nitrogens is 2. The van der Waals surface area contributed by atoms with Gasteiger partial charge in [-0.25, -0.2) is 4.98 Å². The lowest BCUT2D eigenvalue weighted by molar-refractivity contribution is -0.894. The zero-order valence-corrected chi connectivity index (χ0v) is 12.3. The average molecular weight is 288 g/mol. The molecule has 2 N–H and O–H groups in total. The summed E-state index contributed by atoms with van der Waals surface area (Å²) in [6.45, 7) is 7.45. The molecule has 0 fully saturated rings. The average Bonchev–Trinajstić information content (AvgIpc) is 2.51. The topological polar surface area (TPSA) is 85.6 Å². The third-order valence-corrected chi connectivity index (χ3v) is 3.54. The Morgan fingerprint density at radius 3 is 2.76 bits per heavy atom. The Balaban J connectivity index is 2.19. The van der Waals surface area contributed by atoms with Crippen molar-refractivity contribution in [2.75, 3.05) is 26.2 Å². The van der Waals surface area contributed by atoms with Crippen molar-refractivity contribution in [3.05, 3.63) is 40.4 Å². The molecule has 0 aliphatic heterocycles. The maximum atomic E-state index is 12.0. The molecule has 0 aliphatic rings. The summed E-state index contributed by atoms with van der Waals surface area (Å²) in [5.74, 6) is -0.461. The van der Waals surface area contributed by atoms with E-state index in [9.17, 15) is 9.90 Å². The van der Waals surface area contributed by atoms with Gasteiger partial charge in [-0.2, -0.15) is 0 Å². The van der Waals surface area contributed by atoms with Crippen LogP contribution in [-0.4, -0.2) is 42.0 Å². The van der Waals surface area contributed by atoms with Crippen molar-refractivity contribution < 1.29 is 10.0 Å². The van der Waals surface area contributed by atoms with Gasteiger partial charge in [0.1, 0.15) is 5.82 Å². The minimum Gasteiger partial charge on any atom is -0.856 e. The first-order valence-corrected chi connectivity index (χ1v) is 7.20. The van der Waals surface area contributed by atoms with Crippen LogP contribution in [0.15, 0.2) is 34.1 Å². The van der Waals surface area contributed by atoms with Crippen LogP contribution >= 0.6 is 0 Å². The van der Waals surface area contributed by atoms with Gasteiger partial charge in [0, 0.05) is 5.90 Å². The number of hydrogen-bond acceptors (Lipinski definition) is 4. The highest BCUT2D eigenvalue weighted by Gasteiger charge is 2.04. The standard InChI is InChI=1S/C15H20N4O2/c1-3-19(4-2)10-9-16-15(21)13-17-12-8-6-5-7-11(12)14(20)18-13/h5-8H,3-4,9-10H2,1-2H3,(H,16,21)(H,17,18,20). The number of H-pyrrole nitrogens is 1. The molecule has 2 rings (SSSR count). The highest BCUT2D eigenvalue weighted by atomic mass is 16.3. The van der Waals surface area contributed by atoms with Crippen molar-refractivity contribution in [1.29, 1.82) is 0 Å². The van der Waals surface area contributed by atoms with Gasteiger partial charge in [0.2, 0.25) is 0 Å². The van der Waals surface area contributed by atoms with E-state index >= 15 is 0 Å². The quantitative estimate of drug-likeness (QED) is 0.525. The molecular weight excluding hydrogens is 268 g/mol. The first-order valence-electron chi connectivity index (χ1n) is 7.20. The van der Waals surface area contributed by atoms with E-state index in [-0.39, 0.29) is 11.4 Å². The molecule has 1 aromatic heterocycles. The SMILES string of the molecule is CC[NH+](CC)CCN=C([O-])c1nc2ccccc2c(=O)[nH]1. The van der Waals surface area contributed by atoms with E-state index in [0.29, 0.717) is 17.4 Å². The molecule has 1 aromatic carbocycles. The maximum absolute atomic E-state index is 12.0. The fourth-order valence-electron chi connectivity index (χ4n) is 2.18. The molecule has 0 amide bonds. The van der Waals surface area contributed by atoms with Crippen molar-refractivity contribution in [3.8, 4) is 0 Å². The Hall–Kier alpha value is -2.21. The smallest absolute Gasteiger partial charge is 0.259 e. The summed E-state index contributed by atoms with van der Waals surface area (Å²) in [5.41, 5.74) is 0.197. The second-order valence-corrected chi connectivity index (χ2v) is 4.83. The van der Waals surface area contributed by atoms with Crippen LogP contribution in [0.25, 0.3) is 10.9 Å². The van der Waals surface area contributed by atoms with Crippen LogP contribution < -0.4 is 15.6 Å². The summed E-state index contributed by atoms with van der Waals surface area (Å²) in [4.78, 5) is 23.9. The Kier molecular flexibility index (Phi) is 5.05. The van der Waals surface area contributed by atoms with E-state index in [2.05, 4.69) is 28.8 Å². The minimum atomic E-state index is -0.468. The van der Waals surface area contributed by atoms with E-state index in [1.54, 1.807) is 24.3 Å². The molecule has 6 heteroatoms. The molecule has 0 aliphatic carbocycles. The number of nitrogens with zero attached hydrogens (tertiary/aromatic N) is 2. The molecule has 0 spiro atoms. The summed E-state index contributed by atoms with van der Waals surface area (Å²) in [6, 6.07) is 6.93. The Bertz CT molecular complexity index is 689. The molecule has 1 heterocycles. The summed E-state index contributed by atoms with van der Waals surface area (Å²) in [7, 11) is 0. The molecule has 112 valence electrons. The zero-order valence-electron chi connectivity index (χ0n) is 12.3. The Morgan fingerprint density at radius 1 is 1.33 bits per heavy atom. The number of rotatable bonds is 6. The number of aromatic amines is 1. The first-order chi connectivity index (χ1) is 10.2. The number of nitrogens with one attached hydrogen (secondary N) is 2. The third-order valence-electron chi connectivity index (χ3n) is 3.54. The van der Waals surface area contributed by atoms with E-state index in [1.165, 1.54) is 4.90 Å². The predicted molar refractivity (Wildman–Crippen MR) is 80.7 cm³/mol. The van der Waals surface area contributed by atoms with Gasteiger partial charge in [0.15, 0.2) is 0 Å². The molecule has 21 heavy (non-hydrogen) atoms. The van der Waals surface area contributed by atoms with Crippen molar-refractivity contribution in [3.63, 3.8) is 0 Å². The summed E-state index contributed by atoms with van der Waals surface area (Å²) < 4.78 is 0. The van der Waals surface area contributed by atoms with Crippen LogP contribution in [0.4, 0.5) is 0 Å². The number of hydrogen-bond donors (Lipinski definition) is 2. The van der Waals surface area contributed by atoms with Gasteiger partial charge < -0.3 is 15.0 Å². The van der Waals surface area contributed by atoms with E-state index in [4.69, 9.17) is 0 Å². The summed E-state index contributed by atoms with van der Waals surface area (Å²) >= 11 is 0. The van der Waals surface area contributed by atoms with E-state index in [0.717, 1.165) is 19.6 Å². The predicted octanol–water partition coefficient (Wildman–Crippen LogP) is -1.05. The highest BCUT2D eigenvalue weighted by molar-refractivity contribution is 5.89. The summed E-state index contributed by atoms with van der Waals surface area (Å²) in [5, 5.41) is 12.5. The van der Waals surface area contributed by atoms with Crippen molar-refractivity contribution in [2.45, 2.75) is 13.8 Å². The van der Waals surface area contributed by atoms with Gasteiger partial charge in [0.05, 0.1) is 37.1 Å². The highest BCUT2D eigenvalue weighted by Crippen LogP contribution is 2.05. The lowest BCUT2D eigenvalue weighted by atomic mass is 10.2. The van der Waals surface area contributed by atoms with Crippen molar-refractivity contribution in [1.82, 2.24) is 9.97 Å². The van der Waals surface area contributed by atoms with Crippen LogP contribution in [-0.2, 0) is 0 Å². The first kappa shape index (κ1) is 15.2. The fraction of sp³-hybridized carbons (Fsp3) is 0.400. The minimum absolute atomic E-state index is 0.00764. The normalized spacial score (nSPS) is 12.2. The van der Waals surface area contributed by atoms with Gasteiger partial charge in [0.25, 0.3) is 5.56 Å². The van der Waals surface area contributed by atoms with Crippen LogP contribution in [0, 0.1) is 0 Å². The lowest BCUT2D eigenvalue weighted by Gasteiger charge is -2.15. The molecule has 0 unspecified atom stereocenters. The van der Waals surface area contributed by atoms with Gasteiger partial charge in [-0.3, -0.25) is 9.79 Å². The molecule has 2 aromatic rings. The van der Waals surface area contributed by atoms with Crippen molar-refractivity contribution >= 4 is 16.8 Å². The van der Waals surface area contributed by atoms with Gasteiger partial charge in [-0.1, -0.05) is 12.1 Å². The largest absolute Gasteiger partial charge is 0.856 e. The second-order valence-electron chi connectivity index (χ2n) is 4.83. The number of aliphatic imine (C=N–C) groups is 1. The number of fused-ring (bicyclic) bond motifs is 1. The second kappa shape index (κ2) is 6.99. The number of benzene rings is 1. The molecule has 0 saturated carbocycles.